The fourth-order valence-corrected chi connectivity index (χ4v) is 6.45. The largest absolute Gasteiger partial charge is 0.352 e. The van der Waals surface area contributed by atoms with Gasteiger partial charge >= 0.3 is 0 Å². The predicted molar refractivity (Wildman–Crippen MR) is 146 cm³/mol. The van der Waals surface area contributed by atoms with Gasteiger partial charge in [0.2, 0.25) is 11.8 Å². The molecule has 0 bridgehead atoms. The van der Waals surface area contributed by atoms with Crippen molar-refractivity contribution in [3.05, 3.63) is 63.5 Å². The van der Waals surface area contributed by atoms with Crippen LogP contribution >= 0.6 is 23.1 Å². The quantitative estimate of drug-likeness (QED) is 0.467. The van der Waals surface area contributed by atoms with Crippen molar-refractivity contribution in [3.63, 3.8) is 0 Å². The van der Waals surface area contributed by atoms with Crippen LogP contribution in [0.25, 0.3) is 5.69 Å². The molecule has 2 aromatic heterocycles. The van der Waals surface area contributed by atoms with Gasteiger partial charge in [-0.3, -0.25) is 14.5 Å². The summed E-state index contributed by atoms with van der Waals surface area (Å²) >= 11 is 3.31. The average molecular weight is 511 g/mol. The minimum absolute atomic E-state index is 0.0327. The van der Waals surface area contributed by atoms with Gasteiger partial charge in [0.05, 0.1) is 22.4 Å². The fraction of sp³-hybridized carbons (Fsp3) is 0.444. The average Bonchev–Trinajstić information content (AvgIpc) is 3.44. The maximum Gasteiger partial charge on any atom is 0.240 e. The van der Waals surface area contributed by atoms with E-state index >= 15 is 0 Å². The fourth-order valence-electron chi connectivity index (χ4n) is 4.27. The molecule has 0 saturated heterocycles. The minimum Gasteiger partial charge on any atom is -0.352 e. The van der Waals surface area contributed by atoms with Gasteiger partial charge in [0.25, 0.3) is 0 Å². The molecule has 1 N–H and O–H groups in total. The summed E-state index contributed by atoms with van der Waals surface area (Å²) in [7, 11) is 0. The van der Waals surface area contributed by atoms with Gasteiger partial charge in [-0.15, -0.1) is 23.1 Å². The van der Waals surface area contributed by atoms with Gasteiger partial charge in [0.15, 0.2) is 0 Å². The maximum atomic E-state index is 13.6. The molecule has 8 heteroatoms. The van der Waals surface area contributed by atoms with Gasteiger partial charge in [0, 0.05) is 21.9 Å². The highest BCUT2D eigenvalue weighted by atomic mass is 32.2. The van der Waals surface area contributed by atoms with Crippen molar-refractivity contribution < 1.29 is 9.59 Å². The number of carbonyl (C=O) groups is 2. The van der Waals surface area contributed by atoms with Crippen molar-refractivity contribution >= 4 is 40.7 Å². The number of thioether (sulfide) groups is 1. The molecule has 0 radical (unpaired) electrons. The van der Waals surface area contributed by atoms with Crippen LogP contribution in [0.2, 0.25) is 0 Å². The topological polar surface area (TPSA) is 67.2 Å². The standard InChI is InChI=1S/C27H34N4O2S2/c1-7-18(3)28-21(32)15-30-22(33)16-35-24(20-13-10-14-34-20)23-25(27(4,5)6)29-31(26(23)30)19-12-9-8-11-17(19)2/h8-14,18,24H,7,15-16H2,1-6H3,(H,28,32). The molecule has 6 nitrogen and oxygen atoms in total. The first-order valence-corrected chi connectivity index (χ1v) is 14.0. The lowest BCUT2D eigenvalue weighted by atomic mass is 9.88. The zero-order valence-corrected chi connectivity index (χ0v) is 22.9. The number of aromatic nitrogens is 2. The van der Waals surface area contributed by atoms with E-state index in [1.807, 2.05) is 55.8 Å². The molecule has 35 heavy (non-hydrogen) atoms. The van der Waals surface area contributed by atoms with Crippen LogP contribution < -0.4 is 10.2 Å². The third-order valence-corrected chi connectivity index (χ3v) is 8.59. The molecule has 0 fully saturated rings. The van der Waals surface area contributed by atoms with E-state index in [9.17, 15) is 9.59 Å². The van der Waals surface area contributed by atoms with E-state index < -0.39 is 0 Å². The lowest BCUT2D eigenvalue weighted by molar-refractivity contribution is -0.123. The third-order valence-electron chi connectivity index (χ3n) is 6.27. The molecule has 0 spiro atoms. The monoisotopic (exact) mass is 510 g/mol. The molecule has 3 aromatic rings. The van der Waals surface area contributed by atoms with Gasteiger partial charge in [0.1, 0.15) is 12.4 Å². The zero-order chi connectivity index (χ0) is 25.3. The van der Waals surface area contributed by atoms with Crippen molar-refractivity contribution in [1.82, 2.24) is 15.1 Å². The van der Waals surface area contributed by atoms with E-state index in [0.717, 1.165) is 28.9 Å². The molecule has 3 heterocycles. The number of rotatable bonds is 6. The Kier molecular flexibility index (Phi) is 7.43. The Hall–Kier alpha value is -2.58. The van der Waals surface area contributed by atoms with Crippen LogP contribution in [0.3, 0.4) is 0 Å². The van der Waals surface area contributed by atoms with Crippen LogP contribution in [0.5, 0.6) is 0 Å². The SMILES string of the molecule is CCC(C)NC(=O)CN1C(=O)CSC(c2cccs2)c2c(C(C)(C)C)nn(-c3ccccc3C)c21. The maximum absolute atomic E-state index is 13.6. The Morgan fingerprint density at radius 3 is 2.60 bits per heavy atom. The Morgan fingerprint density at radius 2 is 1.97 bits per heavy atom. The van der Waals surface area contributed by atoms with Crippen molar-refractivity contribution in [2.45, 2.75) is 64.7 Å². The van der Waals surface area contributed by atoms with Gasteiger partial charge in [-0.05, 0) is 43.3 Å². The molecule has 0 saturated carbocycles. The Labute approximate surface area is 216 Å². The predicted octanol–water partition coefficient (Wildman–Crippen LogP) is 5.62. The van der Waals surface area contributed by atoms with Crippen LogP contribution in [-0.4, -0.2) is 39.9 Å². The summed E-state index contributed by atoms with van der Waals surface area (Å²) in [5.74, 6) is 0.764. The number of thiophene rings is 1. The summed E-state index contributed by atoms with van der Waals surface area (Å²) in [5, 5.41) is 10.2. The van der Waals surface area contributed by atoms with Crippen molar-refractivity contribution in [1.29, 1.82) is 0 Å². The highest BCUT2D eigenvalue weighted by Gasteiger charge is 2.40. The van der Waals surface area contributed by atoms with Crippen molar-refractivity contribution in [3.8, 4) is 5.69 Å². The number of nitrogens with zero attached hydrogens (tertiary/aromatic N) is 3. The Bertz CT molecular complexity index is 1210. The molecule has 4 rings (SSSR count). The molecule has 186 valence electrons. The number of nitrogens with one attached hydrogen (secondary N) is 1. The second kappa shape index (κ2) is 10.2. The summed E-state index contributed by atoms with van der Waals surface area (Å²) in [6.07, 6.45) is 0.830. The lowest BCUT2D eigenvalue weighted by Gasteiger charge is -2.25. The Balaban J connectivity index is 1.98. The van der Waals surface area contributed by atoms with Crippen LogP contribution in [0.15, 0.2) is 41.8 Å². The zero-order valence-electron chi connectivity index (χ0n) is 21.3. The van der Waals surface area contributed by atoms with Crippen LogP contribution in [0.1, 0.15) is 68.0 Å². The normalized spacial score (nSPS) is 17.1. The minimum atomic E-state index is -0.258. The van der Waals surface area contributed by atoms with Crippen LogP contribution in [0, 0.1) is 6.92 Å². The second-order valence-corrected chi connectivity index (χ2v) is 12.2. The molecule has 1 aromatic carbocycles. The van der Waals surface area contributed by atoms with Crippen molar-refractivity contribution in [2.24, 2.45) is 0 Å². The van der Waals surface area contributed by atoms with Gasteiger partial charge in [-0.1, -0.05) is 52.0 Å². The number of para-hydroxylation sites is 1. The van der Waals surface area contributed by atoms with E-state index in [0.29, 0.717) is 11.6 Å². The van der Waals surface area contributed by atoms with E-state index in [1.165, 1.54) is 4.88 Å². The van der Waals surface area contributed by atoms with Gasteiger partial charge < -0.3 is 5.32 Å². The van der Waals surface area contributed by atoms with E-state index in [1.54, 1.807) is 28.0 Å². The first kappa shape index (κ1) is 25.5. The molecule has 0 aliphatic carbocycles. The van der Waals surface area contributed by atoms with E-state index in [-0.39, 0.29) is 35.1 Å². The number of anilines is 1. The lowest BCUT2D eigenvalue weighted by Crippen LogP contribution is -2.44. The summed E-state index contributed by atoms with van der Waals surface area (Å²) < 4.78 is 1.90. The van der Waals surface area contributed by atoms with Gasteiger partial charge in [-0.2, -0.15) is 5.10 Å². The summed E-state index contributed by atoms with van der Waals surface area (Å²) in [4.78, 5) is 29.5. The number of amides is 2. The smallest absolute Gasteiger partial charge is 0.240 e. The highest BCUT2D eigenvalue weighted by Crippen LogP contribution is 2.49. The number of carbonyl (C=O) groups excluding carboxylic acids is 2. The van der Waals surface area contributed by atoms with Crippen LogP contribution in [0.4, 0.5) is 5.82 Å². The molecular weight excluding hydrogens is 476 g/mol. The number of fused-ring (bicyclic) bond motifs is 1. The Morgan fingerprint density at radius 1 is 1.23 bits per heavy atom. The number of benzene rings is 1. The molecule has 1 aliphatic heterocycles. The molecule has 2 amide bonds. The molecule has 2 atom stereocenters. The van der Waals surface area contributed by atoms with E-state index in [4.69, 9.17) is 5.10 Å². The third kappa shape index (κ3) is 5.19. The molecule has 2 unspecified atom stereocenters. The van der Waals surface area contributed by atoms with E-state index in [2.05, 4.69) is 37.5 Å². The van der Waals surface area contributed by atoms with Crippen LogP contribution in [-0.2, 0) is 15.0 Å². The summed E-state index contributed by atoms with van der Waals surface area (Å²) in [6.45, 7) is 12.5. The summed E-state index contributed by atoms with van der Waals surface area (Å²) in [6, 6.07) is 12.3. The number of hydrogen-bond acceptors (Lipinski definition) is 5. The molecular formula is C27H34N4O2S2. The van der Waals surface area contributed by atoms with Gasteiger partial charge in [-0.25, -0.2) is 4.68 Å². The highest BCUT2D eigenvalue weighted by molar-refractivity contribution is 8.00. The van der Waals surface area contributed by atoms with Crippen molar-refractivity contribution in [2.75, 3.05) is 17.2 Å². The first-order valence-electron chi connectivity index (χ1n) is 12.1. The summed E-state index contributed by atoms with van der Waals surface area (Å²) in [5.41, 5.74) is 3.68. The first-order chi connectivity index (χ1) is 16.6. The number of aryl methyl sites for hydroxylation is 1. The second-order valence-electron chi connectivity index (χ2n) is 10.1. The molecule has 1 aliphatic rings. The number of hydrogen-bond donors (Lipinski definition) is 1.